The van der Waals surface area contributed by atoms with Gasteiger partial charge in [-0.15, -0.1) is 0 Å². The summed E-state index contributed by atoms with van der Waals surface area (Å²) in [7, 11) is 4.38. The Bertz CT molecular complexity index is 752. The van der Waals surface area contributed by atoms with Gasteiger partial charge in [0.25, 0.3) is 5.91 Å². The largest absolute Gasteiger partial charge is 0.493 e. The average Bonchev–Trinajstić information content (AvgIpc) is 2.59. The zero-order chi connectivity index (χ0) is 17.7. The Morgan fingerprint density at radius 3 is 2.38 bits per heavy atom. The van der Waals surface area contributed by atoms with Gasteiger partial charge in [0, 0.05) is 16.6 Å². The Morgan fingerprint density at radius 1 is 1.08 bits per heavy atom. The van der Waals surface area contributed by atoms with Crippen molar-refractivity contribution in [1.82, 2.24) is 5.32 Å². The molecule has 0 saturated heterocycles. The van der Waals surface area contributed by atoms with Crippen LogP contribution in [0.25, 0.3) is 0 Å². The number of hydrogen-bond donors (Lipinski definition) is 1. The first kappa shape index (κ1) is 18.1. The summed E-state index contributed by atoms with van der Waals surface area (Å²) < 4.78 is 30.2. The molecule has 0 fully saturated rings. The predicted octanol–water partition coefficient (Wildman–Crippen LogP) is 3.54. The van der Waals surface area contributed by atoms with E-state index >= 15 is 0 Å². The fourth-order valence-corrected chi connectivity index (χ4v) is 2.55. The van der Waals surface area contributed by atoms with Crippen LogP contribution in [0.5, 0.6) is 17.2 Å². The molecule has 0 atom stereocenters. The standard InChI is InChI=1S/C17H17BrFNO4/c1-22-14-7-6-12(15(23-2)16(14)24-3)17(21)20-9-10-4-5-11(18)8-13(10)19/h4-8H,9H2,1-3H3,(H,20,21). The summed E-state index contributed by atoms with van der Waals surface area (Å²) in [5.74, 6) is 0.219. The van der Waals surface area contributed by atoms with Crippen molar-refractivity contribution in [3.63, 3.8) is 0 Å². The van der Waals surface area contributed by atoms with E-state index in [0.29, 0.717) is 21.5 Å². The van der Waals surface area contributed by atoms with Gasteiger partial charge in [0.05, 0.1) is 26.9 Å². The highest BCUT2D eigenvalue weighted by atomic mass is 79.9. The summed E-state index contributed by atoms with van der Waals surface area (Å²) in [4.78, 5) is 12.4. The maximum Gasteiger partial charge on any atom is 0.255 e. The van der Waals surface area contributed by atoms with Crippen LogP contribution in [0.2, 0.25) is 0 Å². The van der Waals surface area contributed by atoms with Gasteiger partial charge in [-0.1, -0.05) is 22.0 Å². The van der Waals surface area contributed by atoms with Gasteiger partial charge in [-0.05, 0) is 24.3 Å². The van der Waals surface area contributed by atoms with Crippen molar-refractivity contribution in [3.8, 4) is 17.2 Å². The van der Waals surface area contributed by atoms with Crippen LogP contribution < -0.4 is 19.5 Å². The molecule has 128 valence electrons. The van der Waals surface area contributed by atoms with Crippen LogP contribution in [0.4, 0.5) is 4.39 Å². The lowest BCUT2D eigenvalue weighted by Gasteiger charge is -2.15. The Labute approximate surface area is 147 Å². The monoisotopic (exact) mass is 397 g/mol. The van der Waals surface area contributed by atoms with Gasteiger partial charge in [-0.3, -0.25) is 4.79 Å². The molecule has 0 aromatic heterocycles. The highest BCUT2D eigenvalue weighted by Gasteiger charge is 2.20. The Hall–Kier alpha value is -2.28. The summed E-state index contributed by atoms with van der Waals surface area (Å²) in [6, 6.07) is 7.83. The van der Waals surface area contributed by atoms with Crippen molar-refractivity contribution in [1.29, 1.82) is 0 Å². The lowest BCUT2D eigenvalue weighted by Crippen LogP contribution is -2.24. The zero-order valence-electron chi connectivity index (χ0n) is 13.5. The number of amides is 1. The average molecular weight is 398 g/mol. The molecule has 5 nitrogen and oxygen atoms in total. The third-order valence-corrected chi connectivity index (χ3v) is 3.90. The van der Waals surface area contributed by atoms with Crippen molar-refractivity contribution in [2.24, 2.45) is 0 Å². The lowest BCUT2D eigenvalue weighted by molar-refractivity contribution is 0.0946. The van der Waals surface area contributed by atoms with Gasteiger partial charge in [0.2, 0.25) is 5.75 Å². The van der Waals surface area contributed by atoms with Gasteiger partial charge in [-0.25, -0.2) is 4.39 Å². The van der Waals surface area contributed by atoms with Crippen molar-refractivity contribution in [2.45, 2.75) is 6.54 Å². The van der Waals surface area contributed by atoms with Crippen molar-refractivity contribution < 1.29 is 23.4 Å². The van der Waals surface area contributed by atoms with E-state index in [4.69, 9.17) is 14.2 Å². The van der Waals surface area contributed by atoms with E-state index in [-0.39, 0.29) is 17.9 Å². The summed E-state index contributed by atoms with van der Waals surface area (Å²) in [6.07, 6.45) is 0. The quantitative estimate of drug-likeness (QED) is 0.809. The van der Waals surface area contributed by atoms with E-state index in [1.165, 1.54) is 27.4 Å². The molecule has 0 radical (unpaired) electrons. The third kappa shape index (κ3) is 3.79. The molecular formula is C17H17BrFNO4. The van der Waals surface area contributed by atoms with Crippen molar-refractivity contribution >= 4 is 21.8 Å². The Balaban J connectivity index is 2.23. The smallest absolute Gasteiger partial charge is 0.255 e. The number of ether oxygens (including phenoxy) is 3. The summed E-state index contributed by atoms with van der Waals surface area (Å²) >= 11 is 3.19. The van der Waals surface area contributed by atoms with Crippen LogP contribution in [0.3, 0.4) is 0 Å². The molecule has 0 saturated carbocycles. The first-order chi connectivity index (χ1) is 11.5. The van der Waals surface area contributed by atoms with E-state index in [9.17, 15) is 9.18 Å². The molecule has 0 aliphatic rings. The molecule has 0 heterocycles. The molecule has 0 bridgehead atoms. The topological polar surface area (TPSA) is 56.8 Å². The number of carbonyl (C=O) groups excluding carboxylic acids is 1. The summed E-state index contributed by atoms with van der Waals surface area (Å²) in [5.41, 5.74) is 0.652. The van der Waals surface area contributed by atoms with E-state index in [0.717, 1.165) is 0 Å². The van der Waals surface area contributed by atoms with Gasteiger partial charge < -0.3 is 19.5 Å². The molecule has 1 N–H and O–H groups in total. The zero-order valence-corrected chi connectivity index (χ0v) is 15.1. The molecule has 2 aromatic rings. The van der Waals surface area contributed by atoms with E-state index in [1.807, 2.05) is 0 Å². The Morgan fingerprint density at radius 2 is 1.79 bits per heavy atom. The number of methoxy groups -OCH3 is 3. The van der Waals surface area contributed by atoms with Crippen LogP contribution >= 0.6 is 15.9 Å². The second kappa shape index (κ2) is 8.01. The Kier molecular flexibility index (Phi) is 6.03. The van der Waals surface area contributed by atoms with Crippen LogP contribution in [-0.4, -0.2) is 27.2 Å². The second-order valence-corrected chi connectivity index (χ2v) is 5.72. The maximum absolute atomic E-state index is 13.8. The SMILES string of the molecule is COc1ccc(C(=O)NCc2ccc(Br)cc2F)c(OC)c1OC. The highest BCUT2D eigenvalue weighted by Crippen LogP contribution is 2.39. The molecule has 0 aliphatic carbocycles. The normalized spacial score (nSPS) is 10.2. The minimum Gasteiger partial charge on any atom is -0.493 e. The van der Waals surface area contributed by atoms with Crippen LogP contribution in [0.15, 0.2) is 34.8 Å². The van der Waals surface area contributed by atoms with Crippen LogP contribution in [0, 0.1) is 5.82 Å². The molecule has 2 rings (SSSR count). The summed E-state index contributed by atoms with van der Waals surface area (Å²) in [6.45, 7) is 0.0510. The number of halogens is 2. The van der Waals surface area contributed by atoms with Gasteiger partial charge in [-0.2, -0.15) is 0 Å². The molecule has 0 unspecified atom stereocenters. The molecule has 7 heteroatoms. The fourth-order valence-electron chi connectivity index (χ4n) is 2.22. The van der Waals surface area contributed by atoms with Gasteiger partial charge >= 0.3 is 0 Å². The maximum atomic E-state index is 13.8. The number of hydrogen-bond acceptors (Lipinski definition) is 4. The highest BCUT2D eigenvalue weighted by molar-refractivity contribution is 9.10. The van der Waals surface area contributed by atoms with Crippen molar-refractivity contribution in [3.05, 3.63) is 51.7 Å². The lowest BCUT2D eigenvalue weighted by atomic mass is 10.1. The second-order valence-electron chi connectivity index (χ2n) is 4.80. The fraction of sp³-hybridized carbons (Fsp3) is 0.235. The van der Waals surface area contributed by atoms with Crippen LogP contribution in [0.1, 0.15) is 15.9 Å². The predicted molar refractivity (Wildman–Crippen MR) is 91.4 cm³/mol. The van der Waals surface area contributed by atoms with Crippen LogP contribution in [-0.2, 0) is 6.54 Å². The molecule has 1 amide bonds. The van der Waals surface area contributed by atoms with E-state index < -0.39 is 11.7 Å². The van der Waals surface area contributed by atoms with E-state index in [1.54, 1.807) is 24.3 Å². The minimum atomic E-state index is -0.407. The molecule has 24 heavy (non-hydrogen) atoms. The minimum absolute atomic E-state index is 0.0510. The number of carbonyl (C=O) groups is 1. The van der Waals surface area contributed by atoms with Gasteiger partial charge in [0.15, 0.2) is 11.5 Å². The molecule has 0 aliphatic heterocycles. The molecule has 2 aromatic carbocycles. The number of benzene rings is 2. The summed E-state index contributed by atoms with van der Waals surface area (Å²) in [5, 5.41) is 2.67. The number of rotatable bonds is 6. The van der Waals surface area contributed by atoms with Crippen molar-refractivity contribution in [2.75, 3.05) is 21.3 Å². The first-order valence-corrected chi connectivity index (χ1v) is 7.82. The molecular weight excluding hydrogens is 381 g/mol. The molecule has 0 spiro atoms. The third-order valence-electron chi connectivity index (χ3n) is 3.40. The van der Waals surface area contributed by atoms with E-state index in [2.05, 4.69) is 21.2 Å². The number of nitrogens with one attached hydrogen (secondary N) is 1. The first-order valence-electron chi connectivity index (χ1n) is 7.03. The van der Waals surface area contributed by atoms with Gasteiger partial charge in [0.1, 0.15) is 5.82 Å².